The molecule has 1 heterocycles. The van der Waals surface area contributed by atoms with Crippen LogP contribution in [0.4, 0.5) is 0 Å². The second-order valence-electron chi connectivity index (χ2n) is 2.78. The fraction of sp³-hybridized carbons (Fsp3) is 1.00. The highest BCUT2D eigenvalue weighted by Gasteiger charge is 2.14. The molecular weight excluding hydrogens is 130 g/mol. The molecule has 0 amide bonds. The first-order valence-electron chi connectivity index (χ1n) is 3.74. The highest BCUT2D eigenvalue weighted by atomic mass is 16.6. The first-order valence-corrected chi connectivity index (χ1v) is 3.74. The lowest BCUT2D eigenvalue weighted by Gasteiger charge is -2.23. The topological polar surface area (TPSA) is 44.5 Å². The van der Waals surface area contributed by atoms with Crippen LogP contribution in [0.2, 0.25) is 0 Å². The summed E-state index contributed by atoms with van der Waals surface area (Å²) in [6.45, 7) is 4.15. The molecule has 2 atom stereocenters. The number of rotatable bonds is 2. The van der Waals surface area contributed by atoms with Crippen LogP contribution >= 0.6 is 0 Å². The van der Waals surface area contributed by atoms with Crippen molar-refractivity contribution >= 4 is 0 Å². The zero-order valence-electron chi connectivity index (χ0n) is 6.38. The third-order valence-corrected chi connectivity index (χ3v) is 1.52. The molecule has 1 saturated heterocycles. The van der Waals surface area contributed by atoms with Gasteiger partial charge in [0.05, 0.1) is 25.9 Å². The average molecular weight is 145 g/mol. The number of hydrogen-bond acceptors (Lipinski definition) is 3. The maximum atomic E-state index is 5.59. The molecular formula is C7H15NO2. The highest BCUT2D eigenvalue weighted by Crippen LogP contribution is 2.05. The van der Waals surface area contributed by atoms with Crippen LogP contribution in [0.5, 0.6) is 0 Å². The van der Waals surface area contributed by atoms with Crippen molar-refractivity contribution in [3.63, 3.8) is 0 Å². The van der Waals surface area contributed by atoms with Gasteiger partial charge in [0.25, 0.3) is 0 Å². The van der Waals surface area contributed by atoms with Crippen LogP contribution in [0.25, 0.3) is 0 Å². The molecule has 60 valence electrons. The standard InChI is InChI=1S/C7H15NO2/c1-6(8)4-7-5-9-2-3-10-7/h6-7H,2-5,8H2,1H3/t6?,7-/m0/s1. The monoisotopic (exact) mass is 145 g/mol. The van der Waals surface area contributed by atoms with Gasteiger partial charge in [-0.05, 0) is 13.3 Å². The molecule has 0 bridgehead atoms. The molecule has 2 N–H and O–H groups in total. The van der Waals surface area contributed by atoms with Crippen molar-refractivity contribution in [1.82, 2.24) is 0 Å². The Hall–Kier alpha value is -0.120. The van der Waals surface area contributed by atoms with E-state index >= 15 is 0 Å². The molecule has 0 spiro atoms. The van der Waals surface area contributed by atoms with E-state index in [9.17, 15) is 0 Å². The second kappa shape index (κ2) is 3.91. The lowest BCUT2D eigenvalue weighted by Crippen LogP contribution is -2.33. The molecule has 3 nitrogen and oxygen atoms in total. The van der Waals surface area contributed by atoms with Crippen LogP contribution in [0.15, 0.2) is 0 Å². The van der Waals surface area contributed by atoms with Gasteiger partial charge in [0.2, 0.25) is 0 Å². The molecule has 0 aromatic rings. The van der Waals surface area contributed by atoms with E-state index in [0.29, 0.717) is 6.61 Å². The number of hydrogen-bond donors (Lipinski definition) is 1. The molecule has 1 fully saturated rings. The zero-order valence-corrected chi connectivity index (χ0v) is 6.38. The molecule has 1 unspecified atom stereocenters. The van der Waals surface area contributed by atoms with Crippen LogP contribution in [0.3, 0.4) is 0 Å². The minimum atomic E-state index is 0.215. The van der Waals surface area contributed by atoms with Gasteiger partial charge in [-0.15, -0.1) is 0 Å². The SMILES string of the molecule is CC(N)C[C@H]1COCCO1. The quantitative estimate of drug-likeness (QED) is 0.601. The summed E-state index contributed by atoms with van der Waals surface area (Å²) < 4.78 is 10.6. The van der Waals surface area contributed by atoms with E-state index < -0.39 is 0 Å². The fourth-order valence-corrected chi connectivity index (χ4v) is 1.09. The molecule has 1 rings (SSSR count). The molecule has 0 aromatic heterocycles. The highest BCUT2D eigenvalue weighted by molar-refractivity contribution is 4.66. The normalized spacial score (nSPS) is 30.0. The van der Waals surface area contributed by atoms with Gasteiger partial charge in [-0.25, -0.2) is 0 Å². The maximum Gasteiger partial charge on any atom is 0.0824 e. The first-order chi connectivity index (χ1) is 4.79. The Balaban J connectivity index is 2.13. The average Bonchev–Trinajstić information content (AvgIpc) is 1.88. The molecule has 0 aliphatic carbocycles. The Morgan fingerprint density at radius 2 is 2.40 bits per heavy atom. The van der Waals surface area contributed by atoms with E-state index in [-0.39, 0.29) is 12.1 Å². The smallest absolute Gasteiger partial charge is 0.0824 e. The lowest BCUT2D eigenvalue weighted by molar-refractivity contribution is -0.0920. The van der Waals surface area contributed by atoms with E-state index in [1.807, 2.05) is 6.92 Å². The van der Waals surface area contributed by atoms with Gasteiger partial charge in [0.15, 0.2) is 0 Å². The predicted octanol–water partition coefficient (Wildman–Crippen LogP) is 0.139. The van der Waals surface area contributed by atoms with E-state index in [2.05, 4.69) is 0 Å². The Morgan fingerprint density at radius 3 is 2.90 bits per heavy atom. The molecule has 3 heteroatoms. The summed E-state index contributed by atoms with van der Waals surface area (Å²) in [5.41, 5.74) is 5.59. The van der Waals surface area contributed by atoms with Gasteiger partial charge in [-0.3, -0.25) is 0 Å². The van der Waals surface area contributed by atoms with Crippen molar-refractivity contribution in [3.8, 4) is 0 Å². The summed E-state index contributed by atoms with van der Waals surface area (Å²) >= 11 is 0. The van der Waals surface area contributed by atoms with Crippen molar-refractivity contribution in [2.24, 2.45) is 5.73 Å². The molecule has 1 aliphatic rings. The van der Waals surface area contributed by atoms with E-state index in [0.717, 1.165) is 19.6 Å². The van der Waals surface area contributed by atoms with E-state index in [1.165, 1.54) is 0 Å². The van der Waals surface area contributed by atoms with Gasteiger partial charge in [0.1, 0.15) is 0 Å². The maximum absolute atomic E-state index is 5.59. The predicted molar refractivity (Wildman–Crippen MR) is 38.8 cm³/mol. The van der Waals surface area contributed by atoms with Crippen LogP contribution in [-0.4, -0.2) is 32.0 Å². The van der Waals surface area contributed by atoms with Crippen LogP contribution in [0, 0.1) is 0 Å². The van der Waals surface area contributed by atoms with Gasteiger partial charge >= 0.3 is 0 Å². The van der Waals surface area contributed by atoms with Crippen molar-refractivity contribution in [2.75, 3.05) is 19.8 Å². The Kier molecular flexibility index (Phi) is 3.12. The Morgan fingerprint density at radius 1 is 1.60 bits per heavy atom. The summed E-state index contributed by atoms with van der Waals surface area (Å²) in [6.07, 6.45) is 1.13. The summed E-state index contributed by atoms with van der Waals surface area (Å²) in [5.74, 6) is 0. The summed E-state index contributed by atoms with van der Waals surface area (Å²) in [6, 6.07) is 0.215. The third kappa shape index (κ3) is 2.64. The largest absolute Gasteiger partial charge is 0.376 e. The van der Waals surface area contributed by atoms with Crippen molar-refractivity contribution < 1.29 is 9.47 Å². The third-order valence-electron chi connectivity index (χ3n) is 1.52. The van der Waals surface area contributed by atoms with Crippen molar-refractivity contribution in [1.29, 1.82) is 0 Å². The summed E-state index contributed by atoms with van der Waals surface area (Å²) in [7, 11) is 0. The fourth-order valence-electron chi connectivity index (χ4n) is 1.09. The molecule has 0 aromatic carbocycles. The van der Waals surface area contributed by atoms with Crippen molar-refractivity contribution in [2.45, 2.75) is 25.5 Å². The van der Waals surface area contributed by atoms with Crippen LogP contribution < -0.4 is 5.73 Å². The van der Waals surface area contributed by atoms with Crippen LogP contribution in [-0.2, 0) is 9.47 Å². The summed E-state index contributed by atoms with van der Waals surface area (Å²) in [4.78, 5) is 0. The zero-order chi connectivity index (χ0) is 7.40. The Bertz CT molecular complexity index is 89.6. The molecule has 0 radical (unpaired) electrons. The van der Waals surface area contributed by atoms with Gasteiger partial charge in [0, 0.05) is 6.04 Å². The van der Waals surface area contributed by atoms with Gasteiger partial charge in [-0.2, -0.15) is 0 Å². The second-order valence-corrected chi connectivity index (χ2v) is 2.78. The minimum absolute atomic E-state index is 0.215. The van der Waals surface area contributed by atoms with Crippen LogP contribution in [0.1, 0.15) is 13.3 Å². The lowest BCUT2D eigenvalue weighted by atomic mass is 10.1. The first kappa shape index (κ1) is 7.98. The van der Waals surface area contributed by atoms with Crippen molar-refractivity contribution in [3.05, 3.63) is 0 Å². The molecule has 1 aliphatic heterocycles. The van der Waals surface area contributed by atoms with E-state index in [1.54, 1.807) is 0 Å². The molecule has 10 heavy (non-hydrogen) atoms. The number of ether oxygens (including phenoxy) is 2. The van der Waals surface area contributed by atoms with Gasteiger partial charge < -0.3 is 15.2 Å². The Labute approximate surface area is 61.5 Å². The molecule has 0 saturated carbocycles. The van der Waals surface area contributed by atoms with E-state index in [4.69, 9.17) is 15.2 Å². The number of nitrogens with two attached hydrogens (primary N) is 1. The minimum Gasteiger partial charge on any atom is -0.376 e. The van der Waals surface area contributed by atoms with Gasteiger partial charge in [-0.1, -0.05) is 0 Å². The summed E-state index contributed by atoms with van der Waals surface area (Å²) in [5, 5.41) is 0.